The van der Waals surface area contributed by atoms with Gasteiger partial charge in [0, 0.05) is 43.2 Å². The van der Waals surface area contributed by atoms with Gasteiger partial charge < -0.3 is 4.90 Å². The second-order valence-corrected chi connectivity index (χ2v) is 8.09. The molecule has 3 heterocycles. The minimum atomic E-state index is -0.390. The summed E-state index contributed by atoms with van der Waals surface area (Å²) < 4.78 is 16.4. The molecule has 5 rings (SSSR count). The van der Waals surface area contributed by atoms with E-state index < -0.39 is 5.82 Å². The van der Waals surface area contributed by atoms with Crippen LogP contribution in [0.3, 0.4) is 0 Å². The molecule has 6 nitrogen and oxygen atoms in total. The third-order valence-corrected chi connectivity index (χ3v) is 5.84. The number of pyridine rings is 1. The number of hydrogen-bond acceptors (Lipinski definition) is 5. The van der Waals surface area contributed by atoms with Gasteiger partial charge in [-0.25, -0.2) is 18.9 Å². The standard InChI is InChI=1S/C24H19FN6S/c1-30(2)23(32)19-7-6-17(12-20(19)25)22-14-28-24-27-13-18(31(24)29-22)11-15-5-8-21-16(10-15)4-3-9-26-21/h3-10,12-14H,11H2,1-2H3. The summed E-state index contributed by atoms with van der Waals surface area (Å²) in [7, 11) is 3.59. The molecule has 0 aliphatic heterocycles. The molecule has 0 bridgehead atoms. The fourth-order valence-corrected chi connectivity index (χ4v) is 3.77. The van der Waals surface area contributed by atoms with Crippen molar-refractivity contribution in [3.63, 3.8) is 0 Å². The van der Waals surface area contributed by atoms with Crippen molar-refractivity contribution >= 4 is 33.9 Å². The normalized spacial score (nSPS) is 11.2. The van der Waals surface area contributed by atoms with Gasteiger partial charge in [-0.05, 0) is 35.9 Å². The van der Waals surface area contributed by atoms with Gasteiger partial charge in [-0.1, -0.05) is 30.4 Å². The lowest BCUT2D eigenvalue weighted by molar-refractivity contribution is 0.604. The molecule has 2 aromatic carbocycles. The Balaban J connectivity index is 1.49. The Morgan fingerprint density at radius 2 is 1.88 bits per heavy atom. The SMILES string of the molecule is CN(C)C(=S)c1ccc(-c2cnc3ncc(Cc4ccc5ncccc5c4)n3n2)cc1F. The maximum atomic E-state index is 14.7. The molecular weight excluding hydrogens is 423 g/mol. The Labute approximate surface area is 189 Å². The summed E-state index contributed by atoms with van der Waals surface area (Å²) in [6, 6.07) is 15.1. The van der Waals surface area contributed by atoms with Gasteiger partial charge in [0.2, 0.25) is 0 Å². The van der Waals surface area contributed by atoms with E-state index in [1.807, 2.05) is 24.3 Å². The van der Waals surface area contributed by atoms with E-state index in [0.29, 0.717) is 34.0 Å². The second-order valence-electron chi connectivity index (χ2n) is 7.71. The maximum Gasteiger partial charge on any atom is 0.250 e. The molecule has 0 spiro atoms. The summed E-state index contributed by atoms with van der Waals surface area (Å²) in [5, 5.41) is 5.76. The summed E-state index contributed by atoms with van der Waals surface area (Å²) in [5.41, 5.74) is 4.53. The molecule has 0 amide bonds. The molecule has 0 aliphatic rings. The average Bonchev–Trinajstić information content (AvgIpc) is 3.20. The summed E-state index contributed by atoms with van der Waals surface area (Å²) in [5.74, 6) is 0.107. The first-order valence-electron chi connectivity index (χ1n) is 10.0. The quantitative estimate of drug-likeness (QED) is 0.387. The minimum absolute atomic E-state index is 0.386. The topological polar surface area (TPSA) is 59.2 Å². The number of thiocarbonyl (C=S) groups is 1. The lowest BCUT2D eigenvalue weighted by atomic mass is 10.1. The van der Waals surface area contributed by atoms with Crippen molar-refractivity contribution in [3.05, 3.63) is 89.8 Å². The van der Waals surface area contributed by atoms with Crippen LogP contribution in [-0.4, -0.2) is 48.5 Å². The van der Waals surface area contributed by atoms with E-state index in [9.17, 15) is 4.39 Å². The van der Waals surface area contributed by atoms with E-state index in [1.165, 1.54) is 6.07 Å². The Morgan fingerprint density at radius 1 is 1.03 bits per heavy atom. The molecule has 5 aromatic rings. The van der Waals surface area contributed by atoms with Crippen molar-refractivity contribution in [2.45, 2.75) is 6.42 Å². The van der Waals surface area contributed by atoms with Gasteiger partial charge in [-0.15, -0.1) is 0 Å². The Hall–Kier alpha value is -3.78. The van der Waals surface area contributed by atoms with Crippen LogP contribution in [0, 0.1) is 5.82 Å². The van der Waals surface area contributed by atoms with Crippen LogP contribution in [0.2, 0.25) is 0 Å². The summed E-state index contributed by atoms with van der Waals surface area (Å²) in [4.78, 5) is 15.3. The zero-order chi connectivity index (χ0) is 22.2. The fourth-order valence-electron chi connectivity index (χ4n) is 3.61. The van der Waals surface area contributed by atoms with Crippen LogP contribution < -0.4 is 0 Å². The molecule has 0 radical (unpaired) electrons. The Kier molecular flexibility index (Phi) is 5.07. The average molecular weight is 443 g/mol. The molecule has 0 saturated carbocycles. The molecule has 0 unspecified atom stereocenters. The predicted molar refractivity (Wildman–Crippen MR) is 126 cm³/mol. The third kappa shape index (κ3) is 3.69. The molecule has 32 heavy (non-hydrogen) atoms. The molecule has 3 aromatic heterocycles. The zero-order valence-electron chi connectivity index (χ0n) is 17.5. The monoisotopic (exact) mass is 442 g/mol. The van der Waals surface area contributed by atoms with E-state index in [0.717, 1.165) is 22.2 Å². The molecule has 0 aliphatic carbocycles. The van der Waals surface area contributed by atoms with Crippen LogP contribution in [0.5, 0.6) is 0 Å². The highest BCUT2D eigenvalue weighted by molar-refractivity contribution is 7.80. The number of hydrogen-bond donors (Lipinski definition) is 0. The number of nitrogens with zero attached hydrogens (tertiary/aromatic N) is 6. The highest BCUT2D eigenvalue weighted by Crippen LogP contribution is 2.22. The molecule has 8 heteroatoms. The number of fused-ring (bicyclic) bond motifs is 2. The Morgan fingerprint density at radius 3 is 2.69 bits per heavy atom. The first kappa shape index (κ1) is 20.1. The number of rotatable bonds is 4. The van der Waals surface area contributed by atoms with Crippen LogP contribution in [0.15, 0.2) is 67.1 Å². The first-order chi connectivity index (χ1) is 15.5. The van der Waals surface area contributed by atoms with Crippen LogP contribution in [-0.2, 0) is 6.42 Å². The summed E-state index contributed by atoms with van der Waals surface area (Å²) in [6.45, 7) is 0. The van der Waals surface area contributed by atoms with Gasteiger partial charge in [-0.3, -0.25) is 4.98 Å². The van der Waals surface area contributed by atoms with Crippen LogP contribution in [0.25, 0.3) is 27.9 Å². The van der Waals surface area contributed by atoms with Crippen molar-refractivity contribution in [1.29, 1.82) is 0 Å². The van der Waals surface area contributed by atoms with Gasteiger partial charge in [0.05, 0.1) is 23.6 Å². The number of benzene rings is 2. The zero-order valence-corrected chi connectivity index (χ0v) is 18.3. The van der Waals surface area contributed by atoms with Gasteiger partial charge in [0.1, 0.15) is 16.5 Å². The molecular formula is C24H19FN6S. The van der Waals surface area contributed by atoms with E-state index in [-0.39, 0.29) is 0 Å². The predicted octanol–water partition coefficient (Wildman–Crippen LogP) is 4.31. The largest absolute Gasteiger partial charge is 0.368 e. The highest BCUT2D eigenvalue weighted by atomic mass is 32.1. The van der Waals surface area contributed by atoms with Gasteiger partial charge in [0.25, 0.3) is 5.78 Å². The van der Waals surface area contributed by atoms with E-state index >= 15 is 0 Å². The first-order valence-corrected chi connectivity index (χ1v) is 10.5. The van der Waals surface area contributed by atoms with Crippen LogP contribution in [0.1, 0.15) is 16.8 Å². The maximum absolute atomic E-state index is 14.7. The van der Waals surface area contributed by atoms with Crippen LogP contribution in [0.4, 0.5) is 4.39 Å². The highest BCUT2D eigenvalue weighted by Gasteiger charge is 2.14. The van der Waals surface area contributed by atoms with E-state index in [4.69, 9.17) is 12.2 Å². The van der Waals surface area contributed by atoms with Gasteiger partial charge >= 0.3 is 0 Å². The van der Waals surface area contributed by atoms with Crippen molar-refractivity contribution in [2.24, 2.45) is 0 Å². The van der Waals surface area contributed by atoms with Crippen LogP contribution >= 0.6 is 12.2 Å². The van der Waals surface area contributed by atoms with Gasteiger partial charge in [-0.2, -0.15) is 5.10 Å². The smallest absolute Gasteiger partial charge is 0.250 e. The molecule has 0 fully saturated rings. The third-order valence-electron chi connectivity index (χ3n) is 5.25. The van der Waals surface area contributed by atoms with Gasteiger partial charge in [0.15, 0.2) is 0 Å². The molecule has 0 saturated heterocycles. The van der Waals surface area contributed by atoms with E-state index in [2.05, 4.69) is 26.1 Å². The molecule has 0 N–H and O–H groups in total. The van der Waals surface area contributed by atoms with E-state index in [1.54, 1.807) is 54.2 Å². The number of aromatic nitrogens is 5. The fraction of sp³-hybridized carbons (Fsp3) is 0.125. The van der Waals surface area contributed by atoms with Crippen molar-refractivity contribution in [3.8, 4) is 11.3 Å². The second kappa shape index (κ2) is 8.05. The molecule has 0 atom stereocenters. The summed E-state index contributed by atoms with van der Waals surface area (Å²) in [6.07, 6.45) is 5.79. The number of halogens is 1. The minimum Gasteiger partial charge on any atom is -0.368 e. The summed E-state index contributed by atoms with van der Waals surface area (Å²) >= 11 is 5.29. The number of imidazole rings is 1. The Bertz CT molecular complexity index is 1480. The van der Waals surface area contributed by atoms with Crippen molar-refractivity contribution in [1.82, 2.24) is 29.5 Å². The van der Waals surface area contributed by atoms with Crippen molar-refractivity contribution < 1.29 is 4.39 Å². The van der Waals surface area contributed by atoms with Crippen molar-refractivity contribution in [2.75, 3.05) is 14.1 Å². The lowest BCUT2D eigenvalue weighted by Crippen LogP contribution is -2.21. The lowest BCUT2D eigenvalue weighted by Gasteiger charge is -2.14. The molecule has 158 valence electrons.